The van der Waals surface area contributed by atoms with Gasteiger partial charge < -0.3 is 15.2 Å². The van der Waals surface area contributed by atoms with Crippen molar-refractivity contribution < 1.29 is 27.8 Å². The molecule has 1 aromatic rings. The van der Waals surface area contributed by atoms with Gasteiger partial charge in [-0.1, -0.05) is 18.9 Å². The lowest BCUT2D eigenvalue weighted by Gasteiger charge is -2.21. The Balaban J connectivity index is 1.97. The van der Waals surface area contributed by atoms with Gasteiger partial charge in [0.1, 0.15) is 11.6 Å². The lowest BCUT2D eigenvalue weighted by Crippen LogP contribution is -2.34. The van der Waals surface area contributed by atoms with Gasteiger partial charge in [0.2, 0.25) is 5.91 Å². The predicted molar refractivity (Wildman–Crippen MR) is 72.9 cm³/mol. The molecule has 1 saturated carbocycles. The minimum absolute atomic E-state index is 0.0769. The summed E-state index contributed by atoms with van der Waals surface area (Å²) in [6.45, 7) is -3.35. The third-order valence-corrected chi connectivity index (χ3v) is 3.78. The smallest absolute Gasteiger partial charge is 0.387 e. The Kier molecular flexibility index (Phi) is 5.28. The summed E-state index contributed by atoms with van der Waals surface area (Å²) in [4.78, 5) is 11.8. The molecule has 0 atom stereocenters. The van der Waals surface area contributed by atoms with E-state index in [0.29, 0.717) is 12.8 Å². The number of ether oxygens (including phenoxy) is 1. The van der Waals surface area contributed by atoms with Crippen LogP contribution in [0, 0.1) is 5.82 Å². The van der Waals surface area contributed by atoms with Crippen molar-refractivity contribution in [3.8, 4) is 5.75 Å². The molecule has 1 amide bonds. The van der Waals surface area contributed by atoms with Crippen LogP contribution in [-0.2, 0) is 11.3 Å². The molecule has 0 aliphatic heterocycles. The van der Waals surface area contributed by atoms with E-state index in [1.807, 2.05) is 0 Å². The van der Waals surface area contributed by atoms with E-state index < -0.39 is 23.9 Å². The highest BCUT2D eigenvalue weighted by atomic mass is 19.3. The Bertz CT molecular complexity index is 531. The average Bonchev–Trinajstić information content (AvgIpc) is 2.83. The van der Waals surface area contributed by atoms with Crippen molar-refractivity contribution in [1.82, 2.24) is 5.32 Å². The van der Waals surface area contributed by atoms with Gasteiger partial charge in [0.25, 0.3) is 0 Å². The fraction of sp³-hybridized carbons (Fsp3) is 0.533. The van der Waals surface area contributed by atoms with Gasteiger partial charge in [0.15, 0.2) is 0 Å². The largest absolute Gasteiger partial charge is 0.434 e. The summed E-state index contributed by atoms with van der Waals surface area (Å²) < 4.78 is 42.5. The number of benzene rings is 1. The van der Waals surface area contributed by atoms with Gasteiger partial charge in [0.05, 0.1) is 12.0 Å². The molecule has 1 aliphatic rings. The zero-order chi connectivity index (χ0) is 16.2. The van der Waals surface area contributed by atoms with E-state index in [9.17, 15) is 23.1 Å². The quantitative estimate of drug-likeness (QED) is 0.848. The zero-order valence-corrected chi connectivity index (χ0v) is 11.9. The van der Waals surface area contributed by atoms with Gasteiger partial charge >= 0.3 is 6.61 Å². The van der Waals surface area contributed by atoms with Crippen LogP contribution in [0.3, 0.4) is 0 Å². The number of amides is 1. The standard InChI is InChI=1S/C15H18F3NO3/c16-11-4-3-5-12(22-14(17)18)10(11)9-19-13(20)8-15(21)6-1-2-7-15/h3-5,14,21H,1-2,6-9H2,(H,19,20). The van der Waals surface area contributed by atoms with E-state index in [0.717, 1.165) is 18.9 Å². The molecule has 1 fully saturated rings. The van der Waals surface area contributed by atoms with Crippen LogP contribution in [0.4, 0.5) is 13.2 Å². The summed E-state index contributed by atoms with van der Waals surface area (Å²) in [5.41, 5.74) is -1.16. The number of alkyl halides is 2. The Labute approximate surface area is 126 Å². The van der Waals surface area contributed by atoms with E-state index in [-0.39, 0.29) is 24.3 Å². The summed E-state index contributed by atoms with van der Waals surface area (Å²) in [7, 11) is 0. The van der Waals surface area contributed by atoms with E-state index in [1.54, 1.807) is 0 Å². The highest BCUT2D eigenvalue weighted by molar-refractivity contribution is 5.77. The second kappa shape index (κ2) is 7.00. The number of hydrogen-bond acceptors (Lipinski definition) is 3. The summed E-state index contributed by atoms with van der Waals surface area (Å²) in [6, 6.07) is 3.56. The highest BCUT2D eigenvalue weighted by Crippen LogP contribution is 2.32. The molecule has 0 unspecified atom stereocenters. The van der Waals surface area contributed by atoms with Gasteiger partial charge in [-0.15, -0.1) is 0 Å². The molecule has 122 valence electrons. The van der Waals surface area contributed by atoms with E-state index in [4.69, 9.17) is 0 Å². The molecule has 0 bridgehead atoms. The van der Waals surface area contributed by atoms with Crippen LogP contribution < -0.4 is 10.1 Å². The van der Waals surface area contributed by atoms with Crippen molar-refractivity contribution >= 4 is 5.91 Å². The first-order valence-corrected chi connectivity index (χ1v) is 7.11. The first kappa shape index (κ1) is 16.6. The molecule has 2 rings (SSSR count). The molecular formula is C15H18F3NO3. The molecule has 0 spiro atoms. The van der Waals surface area contributed by atoms with Crippen molar-refractivity contribution in [2.45, 2.75) is 50.9 Å². The number of rotatable bonds is 6. The summed E-state index contributed by atoms with van der Waals surface area (Å²) >= 11 is 0. The van der Waals surface area contributed by atoms with Crippen molar-refractivity contribution in [3.05, 3.63) is 29.6 Å². The second-order valence-electron chi connectivity index (χ2n) is 5.48. The van der Waals surface area contributed by atoms with E-state index in [1.165, 1.54) is 12.1 Å². The van der Waals surface area contributed by atoms with Crippen LogP contribution in [0.2, 0.25) is 0 Å². The third kappa shape index (κ3) is 4.37. The highest BCUT2D eigenvalue weighted by Gasteiger charge is 2.33. The molecule has 0 aromatic heterocycles. The van der Waals surface area contributed by atoms with Crippen LogP contribution >= 0.6 is 0 Å². The Hall–Kier alpha value is -1.76. The van der Waals surface area contributed by atoms with Crippen LogP contribution in [0.5, 0.6) is 5.75 Å². The molecule has 4 nitrogen and oxygen atoms in total. The zero-order valence-electron chi connectivity index (χ0n) is 11.9. The van der Waals surface area contributed by atoms with E-state index >= 15 is 0 Å². The second-order valence-corrected chi connectivity index (χ2v) is 5.48. The minimum Gasteiger partial charge on any atom is -0.434 e. The maximum absolute atomic E-state index is 13.7. The van der Waals surface area contributed by atoms with Crippen LogP contribution in [0.15, 0.2) is 18.2 Å². The monoisotopic (exact) mass is 317 g/mol. The van der Waals surface area contributed by atoms with Gasteiger partial charge in [-0.25, -0.2) is 4.39 Å². The molecule has 1 aromatic carbocycles. The third-order valence-electron chi connectivity index (χ3n) is 3.78. The van der Waals surface area contributed by atoms with E-state index in [2.05, 4.69) is 10.1 Å². The molecule has 0 heterocycles. The molecule has 22 heavy (non-hydrogen) atoms. The van der Waals surface area contributed by atoms with Gasteiger partial charge in [-0.05, 0) is 25.0 Å². The fourth-order valence-electron chi connectivity index (χ4n) is 2.68. The van der Waals surface area contributed by atoms with Crippen LogP contribution in [0.25, 0.3) is 0 Å². The van der Waals surface area contributed by atoms with Gasteiger partial charge in [-0.3, -0.25) is 4.79 Å². The topological polar surface area (TPSA) is 58.6 Å². The molecular weight excluding hydrogens is 299 g/mol. The lowest BCUT2D eigenvalue weighted by molar-refractivity contribution is -0.126. The summed E-state index contributed by atoms with van der Waals surface area (Å²) in [5.74, 6) is -1.50. The average molecular weight is 317 g/mol. The predicted octanol–water partition coefficient (Wildman–Crippen LogP) is 2.74. The van der Waals surface area contributed by atoms with Crippen LogP contribution in [0.1, 0.15) is 37.7 Å². The summed E-state index contributed by atoms with van der Waals surface area (Å²) in [6.07, 6.45) is 2.76. The molecule has 0 saturated heterocycles. The van der Waals surface area contributed by atoms with Crippen molar-refractivity contribution in [3.63, 3.8) is 0 Å². The molecule has 7 heteroatoms. The maximum Gasteiger partial charge on any atom is 0.387 e. The first-order valence-electron chi connectivity index (χ1n) is 7.11. The van der Waals surface area contributed by atoms with Crippen molar-refractivity contribution in [2.75, 3.05) is 0 Å². The number of carbonyl (C=O) groups is 1. The number of hydrogen-bond donors (Lipinski definition) is 2. The Morgan fingerprint density at radius 1 is 1.36 bits per heavy atom. The molecule has 1 aliphatic carbocycles. The molecule has 0 radical (unpaired) electrons. The SMILES string of the molecule is O=C(CC1(O)CCCC1)NCc1c(F)cccc1OC(F)F. The van der Waals surface area contributed by atoms with Crippen molar-refractivity contribution in [2.24, 2.45) is 0 Å². The minimum atomic E-state index is -3.07. The number of aliphatic hydroxyl groups is 1. The Morgan fingerprint density at radius 3 is 2.68 bits per heavy atom. The Morgan fingerprint density at radius 2 is 2.05 bits per heavy atom. The first-order chi connectivity index (χ1) is 10.4. The van der Waals surface area contributed by atoms with Crippen LogP contribution in [-0.4, -0.2) is 23.2 Å². The molecule has 2 N–H and O–H groups in total. The normalized spacial score (nSPS) is 16.8. The van der Waals surface area contributed by atoms with Gasteiger partial charge in [0, 0.05) is 12.1 Å². The summed E-state index contributed by atoms with van der Waals surface area (Å²) in [5, 5.41) is 12.6. The lowest BCUT2D eigenvalue weighted by atomic mass is 9.97. The number of nitrogens with one attached hydrogen (secondary N) is 1. The number of carbonyl (C=O) groups excluding carboxylic acids is 1. The maximum atomic E-state index is 13.7. The van der Waals surface area contributed by atoms with Crippen molar-refractivity contribution in [1.29, 1.82) is 0 Å². The fourth-order valence-corrected chi connectivity index (χ4v) is 2.68. The van der Waals surface area contributed by atoms with Gasteiger partial charge in [-0.2, -0.15) is 8.78 Å². The number of halogens is 3.